The Labute approximate surface area is 194 Å². The summed E-state index contributed by atoms with van der Waals surface area (Å²) in [6.07, 6.45) is -1.81. The molecule has 176 valence electrons. The van der Waals surface area contributed by atoms with E-state index in [2.05, 4.69) is 30.5 Å². The molecule has 0 bridgehead atoms. The molecule has 34 heavy (non-hydrogen) atoms. The number of nitrogens with zero attached hydrogens (tertiary/aromatic N) is 5. The number of halogens is 4. The first-order chi connectivity index (χ1) is 16.1. The highest BCUT2D eigenvalue weighted by molar-refractivity contribution is 6.35. The van der Waals surface area contributed by atoms with Crippen LogP contribution in [0.2, 0.25) is 5.02 Å². The molecular weight excluding hydrogens is 475 g/mol. The molecule has 0 radical (unpaired) electrons. The highest BCUT2D eigenvalue weighted by Gasteiger charge is 2.39. The summed E-state index contributed by atoms with van der Waals surface area (Å²) in [5.41, 5.74) is 9.34. The van der Waals surface area contributed by atoms with E-state index in [1.165, 1.54) is 29.0 Å². The molecule has 1 unspecified atom stereocenters. The van der Waals surface area contributed by atoms with E-state index in [9.17, 15) is 18.0 Å². The molecule has 0 saturated heterocycles. The van der Waals surface area contributed by atoms with Crippen LogP contribution in [0.3, 0.4) is 0 Å². The molecule has 4 aromatic rings. The van der Waals surface area contributed by atoms with E-state index >= 15 is 0 Å². The highest BCUT2D eigenvalue weighted by atomic mass is 35.5. The largest absolute Gasteiger partial charge is 0.418 e. The summed E-state index contributed by atoms with van der Waals surface area (Å²) in [6, 6.07) is 4.14. The molecule has 3 heterocycles. The molecule has 0 spiro atoms. The molecule has 1 fully saturated rings. The molecule has 5 rings (SSSR count). The van der Waals surface area contributed by atoms with Crippen molar-refractivity contribution in [2.24, 2.45) is 5.92 Å². The van der Waals surface area contributed by atoms with E-state index in [0.717, 1.165) is 18.9 Å². The number of fused-ring (bicyclic) bond motifs is 1. The lowest BCUT2D eigenvalue weighted by Gasteiger charge is -2.23. The van der Waals surface area contributed by atoms with E-state index in [0.29, 0.717) is 0 Å². The van der Waals surface area contributed by atoms with E-state index in [1.54, 1.807) is 0 Å². The van der Waals surface area contributed by atoms with Crippen molar-refractivity contribution in [3.63, 3.8) is 0 Å². The van der Waals surface area contributed by atoms with Crippen LogP contribution in [-0.2, 0) is 6.18 Å². The number of hydrogen-bond acceptors (Lipinski definition) is 8. The molecule has 1 atom stereocenters. The number of aromatic amines is 1. The number of hydrogen-bond donors (Lipinski definition) is 4. The van der Waals surface area contributed by atoms with Crippen LogP contribution in [0.5, 0.6) is 0 Å². The molecule has 0 amide bonds. The highest BCUT2D eigenvalue weighted by Crippen LogP contribution is 2.44. The van der Waals surface area contributed by atoms with Crippen molar-refractivity contribution < 1.29 is 13.2 Å². The van der Waals surface area contributed by atoms with Crippen molar-refractivity contribution in [3.05, 3.63) is 57.2 Å². The van der Waals surface area contributed by atoms with Gasteiger partial charge in [-0.1, -0.05) is 17.7 Å². The minimum atomic E-state index is -4.71. The van der Waals surface area contributed by atoms with Gasteiger partial charge in [0, 0.05) is 6.07 Å². The third-order valence-electron chi connectivity index (χ3n) is 5.52. The average Bonchev–Trinajstić information content (AvgIpc) is 3.48. The van der Waals surface area contributed by atoms with Crippen LogP contribution < -0.4 is 22.3 Å². The van der Waals surface area contributed by atoms with Gasteiger partial charge in [-0.05, 0) is 30.9 Å². The molecule has 1 saturated carbocycles. The lowest BCUT2D eigenvalue weighted by molar-refractivity contribution is -0.136. The Morgan fingerprint density at radius 1 is 1.18 bits per heavy atom. The van der Waals surface area contributed by atoms with Crippen molar-refractivity contribution in [1.29, 1.82) is 0 Å². The van der Waals surface area contributed by atoms with E-state index in [-0.39, 0.29) is 45.6 Å². The Hall–Kier alpha value is -3.87. The number of nitrogens with two attached hydrogens (primary N) is 2. The van der Waals surface area contributed by atoms with Crippen LogP contribution >= 0.6 is 11.6 Å². The number of alkyl halides is 3. The fraction of sp³-hybridized carbons (Fsp3) is 0.250. The summed E-state index contributed by atoms with van der Waals surface area (Å²) in [6.45, 7) is 0. The van der Waals surface area contributed by atoms with Gasteiger partial charge in [0.1, 0.15) is 22.5 Å². The summed E-state index contributed by atoms with van der Waals surface area (Å²) in [4.78, 5) is 25.7. The van der Waals surface area contributed by atoms with Gasteiger partial charge >= 0.3 is 6.18 Å². The first-order valence-corrected chi connectivity index (χ1v) is 10.5. The maximum absolute atomic E-state index is 13.8. The number of anilines is 3. The zero-order chi connectivity index (χ0) is 24.2. The lowest BCUT2D eigenvalue weighted by Crippen LogP contribution is -2.30. The fourth-order valence-corrected chi connectivity index (χ4v) is 3.96. The fourth-order valence-electron chi connectivity index (χ4n) is 3.82. The first kappa shape index (κ1) is 21.9. The second-order valence-electron chi connectivity index (χ2n) is 7.84. The standard InChI is InChI=1S/C20H17ClF3N9O/c21-12-15(25)30-19(26)31-16(12)28-13(8-4-5-8)17-29-14-9(2-1-3-10(14)20(22,23)24)18(34)33(17)11-6-7-27-32-11/h1-3,6-8,13H,4-5H2,(H,27,32)(H5,25,26,28,30,31). The van der Waals surface area contributed by atoms with E-state index < -0.39 is 28.9 Å². The molecule has 14 heteroatoms. The maximum Gasteiger partial charge on any atom is 0.418 e. The topological polar surface area (TPSA) is 153 Å². The minimum Gasteiger partial charge on any atom is -0.382 e. The second kappa shape index (κ2) is 7.87. The van der Waals surface area contributed by atoms with Crippen molar-refractivity contribution in [1.82, 2.24) is 29.7 Å². The van der Waals surface area contributed by atoms with Gasteiger partial charge in [0.25, 0.3) is 5.56 Å². The van der Waals surface area contributed by atoms with Gasteiger partial charge in [-0.15, -0.1) is 0 Å². The molecule has 0 aliphatic heterocycles. The Morgan fingerprint density at radius 2 is 1.94 bits per heavy atom. The molecule has 3 aromatic heterocycles. The second-order valence-corrected chi connectivity index (χ2v) is 8.22. The zero-order valence-electron chi connectivity index (χ0n) is 17.3. The zero-order valence-corrected chi connectivity index (χ0v) is 18.0. The van der Waals surface area contributed by atoms with Gasteiger partial charge < -0.3 is 16.8 Å². The third-order valence-corrected chi connectivity index (χ3v) is 5.89. The van der Waals surface area contributed by atoms with Gasteiger partial charge in [0.15, 0.2) is 5.82 Å². The van der Waals surface area contributed by atoms with Crippen molar-refractivity contribution in [2.45, 2.75) is 25.1 Å². The van der Waals surface area contributed by atoms with Crippen LogP contribution in [0.25, 0.3) is 16.7 Å². The molecule has 1 aliphatic carbocycles. The van der Waals surface area contributed by atoms with Crippen LogP contribution in [0.15, 0.2) is 35.3 Å². The average molecular weight is 492 g/mol. The van der Waals surface area contributed by atoms with Crippen LogP contribution in [0.4, 0.5) is 30.8 Å². The van der Waals surface area contributed by atoms with Gasteiger partial charge in [-0.25, -0.2) is 9.55 Å². The summed E-state index contributed by atoms with van der Waals surface area (Å²) in [7, 11) is 0. The van der Waals surface area contributed by atoms with Gasteiger partial charge in [0.05, 0.1) is 28.7 Å². The quantitative estimate of drug-likeness (QED) is 0.331. The number of rotatable bonds is 5. The Morgan fingerprint density at radius 3 is 2.59 bits per heavy atom. The van der Waals surface area contributed by atoms with Crippen LogP contribution in [0.1, 0.15) is 30.3 Å². The number of nitrogens with one attached hydrogen (secondary N) is 2. The summed E-state index contributed by atoms with van der Waals surface area (Å²) < 4.78 is 42.5. The molecule has 10 nitrogen and oxygen atoms in total. The van der Waals surface area contributed by atoms with Gasteiger partial charge in [-0.2, -0.15) is 28.2 Å². The number of aromatic nitrogens is 6. The van der Waals surface area contributed by atoms with Crippen LogP contribution in [-0.4, -0.2) is 29.7 Å². The summed E-state index contributed by atoms with van der Waals surface area (Å²) in [5.74, 6) is 0.0850. The number of H-pyrrole nitrogens is 1. The summed E-state index contributed by atoms with van der Waals surface area (Å²) >= 11 is 6.25. The number of para-hydroxylation sites is 1. The Balaban J connectivity index is 1.78. The number of benzene rings is 1. The summed E-state index contributed by atoms with van der Waals surface area (Å²) in [5, 5.41) is 9.44. The molecule has 6 N–H and O–H groups in total. The molecule has 1 aromatic carbocycles. The Kier molecular flexibility index (Phi) is 5.08. The van der Waals surface area contributed by atoms with Gasteiger partial charge in [0.2, 0.25) is 5.95 Å². The predicted octanol–water partition coefficient (Wildman–Crippen LogP) is 3.30. The van der Waals surface area contributed by atoms with E-state index in [4.69, 9.17) is 23.1 Å². The van der Waals surface area contributed by atoms with Crippen molar-refractivity contribution >= 4 is 40.1 Å². The smallest absolute Gasteiger partial charge is 0.382 e. The normalized spacial score (nSPS) is 14.9. The van der Waals surface area contributed by atoms with Gasteiger partial charge in [-0.3, -0.25) is 9.89 Å². The molecular formula is C20H17ClF3N9O. The first-order valence-electron chi connectivity index (χ1n) is 10.1. The lowest BCUT2D eigenvalue weighted by atomic mass is 10.1. The van der Waals surface area contributed by atoms with Crippen molar-refractivity contribution in [2.75, 3.05) is 16.8 Å². The number of nitrogen functional groups attached to an aromatic ring is 2. The maximum atomic E-state index is 13.8. The van der Waals surface area contributed by atoms with Crippen molar-refractivity contribution in [3.8, 4) is 5.82 Å². The molecule has 1 aliphatic rings. The van der Waals surface area contributed by atoms with E-state index in [1.807, 2.05) is 0 Å². The Bertz CT molecular complexity index is 1450. The minimum absolute atomic E-state index is 0.00735. The SMILES string of the molecule is Nc1nc(N)c(Cl)c(NC(c2nc3c(C(F)(F)F)cccc3c(=O)n2-c2ccn[nH]2)C2CC2)n1. The van der Waals surface area contributed by atoms with Crippen LogP contribution in [0, 0.1) is 5.92 Å². The monoisotopic (exact) mass is 491 g/mol. The predicted molar refractivity (Wildman–Crippen MR) is 119 cm³/mol. The third kappa shape index (κ3) is 3.77.